The van der Waals surface area contributed by atoms with Gasteiger partial charge in [0.25, 0.3) is 10.0 Å². The van der Waals surface area contributed by atoms with E-state index in [1.54, 1.807) is 62.6 Å². The third-order valence-electron chi connectivity index (χ3n) is 5.78. The molecule has 0 amide bonds. The van der Waals surface area contributed by atoms with Crippen LogP contribution in [0.2, 0.25) is 0 Å². The molecule has 0 bridgehead atoms. The summed E-state index contributed by atoms with van der Waals surface area (Å²) in [5.74, 6) is 0.662. The fourth-order valence-electron chi connectivity index (χ4n) is 4.14. The maximum Gasteiger partial charge on any atom is 0.264 e. The maximum atomic E-state index is 13.8. The van der Waals surface area contributed by atoms with Gasteiger partial charge in [-0.15, -0.1) is 0 Å². The molecule has 4 rings (SSSR count). The number of rotatable bonds is 5. The number of para-hydroxylation sites is 1. The lowest BCUT2D eigenvalue weighted by atomic mass is 9.77. The zero-order valence-corrected chi connectivity index (χ0v) is 17.9. The Bertz CT molecular complexity index is 1190. The molecule has 0 spiro atoms. The summed E-state index contributed by atoms with van der Waals surface area (Å²) < 4.78 is 34.2. The van der Waals surface area contributed by atoms with Crippen LogP contribution in [-0.4, -0.2) is 21.8 Å². The highest BCUT2D eigenvalue weighted by molar-refractivity contribution is 7.92. The third-order valence-corrected chi connectivity index (χ3v) is 7.57. The minimum Gasteiger partial charge on any atom is -0.497 e. The molecule has 30 heavy (non-hydrogen) atoms. The van der Waals surface area contributed by atoms with Gasteiger partial charge in [0.1, 0.15) is 12.0 Å². The second-order valence-corrected chi connectivity index (χ2v) is 9.52. The predicted molar refractivity (Wildman–Crippen MR) is 116 cm³/mol. The molecule has 1 heterocycles. The van der Waals surface area contributed by atoms with E-state index in [1.165, 1.54) is 4.31 Å². The lowest BCUT2D eigenvalue weighted by Crippen LogP contribution is -2.40. The fourth-order valence-corrected chi connectivity index (χ4v) is 5.88. The quantitative estimate of drug-likeness (QED) is 0.573. The molecule has 6 heteroatoms. The lowest BCUT2D eigenvalue weighted by molar-refractivity contribution is -0.112. The van der Waals surface area contributed by atoms with Crippen molar-refractivity contribution < 1.29 is 17.9 Å². The summed E-state index contributed by atoms with van der Waals surface area (Å²) >= 11 is 0. The summed E-state index contributed by atoms with van der Waals surface area (Å²) in [7, 11) is -2.35. The van der Waals surface area contributed by atoms with Crippen molar-refractivity contribution in [2.75, 3.05) is 11.4 Å². The summed E-state index contributed by atoms with van der Waals surface area (Å²) in [5.41, 5.74) is 1.87. The topological polar surface area (TPSA) is 63.7 Å². The van der Waals surface area contributed by atoms with Crippen molar-refractivity contribution in [3.8, 4) is 5.75 Å². The highest BCUT2D eigenvalue weighted by Gasteiger charge is 2.53. The Kier molecular flexibility index (Phi) is 4.90. The van der Waals surface area contributed by atoms with Crippen LogP contribution in [0.15, 0.2) is 77.7 Å². The molecular weight excluding hydrogens is 398 g/mol. The minimum atomic E-state index is -3.92. The molecule has 0 aromatic heterocycles. The van der Waals surface area contributed by atoms with Crippen molar-refractivity contribution >= 4 is 22.0 Å². The van der Waals surface area contributed by atoms with Gasteiger partial charge in [0.15, 0.2) is 0 Å². The summed E-state index contributed by atoms with van der Waals surface area (Å²) in [6, 6.07) is 20.4. The monoisotopic (exact) mass is 421 g/mol. The highest BCUT2D eigenvalue weighted by Crippen LogP contribution is 2.54. The predicted octanol–water partition coefficient (Wildman–Crippen LogP) is 4.41. The standard InChI is InChI=1S/C24H23NO4S/c1-17-8-14-20(15-9-17)30(27,28)25-22-7-5-4-6-21(22)24(2,16-26)23(25)18-10-12-19(29-3)13-11-18/h4-16,23H,1-3H3. The van der Waals surface area contributed by atoms with E-state index >= 15 is 0 Å². The first-order valence-corrected chi connectivity index (χ1v) is 11.1. The zero-order chi connectivity index (χ0) is 21.5. The van der Waals surface area contributed by atoms with E-state index in [0.29, 0.717) is 17.0 Å². The Labute approximate surface area is 177 Å². The Hall–Kier alpha value is -3.12. The van der Waals surface area contributed by atoms with Crippen LogP contribution in [0.5, 0.6) is 5.75 Å². The number of anilines is 1. The Morgan fingerprint density at radius 2 is 1.60 bits per heavy atom. The van der Waals surface area contributed by atoms with Crippen LogP contribution in [0, 0.1) is 6.92 Å². The van der Waals surface area contributed by atoms with E-state index in [9.17, 15) is 13.2 Å². The van der Waals surface area contributed by atoms with Gasteiger partial charge in [-0.1, -0.05) is 48.0 Å². The maximum absolute atomic E-state index is 13.8. The average molecular weight is 422 g/mol. The van der Waals surface area contributed by atoms with Gasteiger partial charge in [0.05, 0.1) is 29.1 Å². The van der Waals surface area contributed by atoms with E-state index in [1.807, 2.05) is 31.2 Å². The molecule has 3 aromatic rings. The van der Waals surface area contributed by atoms with Crippen LogP contribution in [0.25, 0.3) is 0 Å². The number of ether oxygens (including phenoxy) is 1. The third kappa shape index (κ3) is 2.99. The van der Waals surface area contributed by atoms with Crippen molar-refractivity contribution in [1.82, 2.24) is 0 Å². The second-order valence-electron chi connectivity index (χ2n) is 7.71. The summed E-state index contributed by atoms with van der Waals surface area (Å²) in [4.78, 5) is 12.6. The van der Waals surface area contributed by atoms with E-state index in [-0.39, 0.29) is 4.90 Å². The number of aryl methyl sites for hydroxylation is 1. The summed E-state index contributed by atoms with van der Waals surface area (Å²) in [5, 5.41) is 0. The molecular formula is C24H23NO4S. The van der Waals surface area contributed by atoms with Gasteiger partial charge in [-0.2, -0.15) is 0 Å². The van der Waals surface area contributed by atoms with Crippen molar-refractivity contribution in [2.24, 2.45) is 0 Å². The zero-order valence-electron chi connectivity index (χ0n) is 17.1. The fraction of sp³-hybridized carbons (Fsp3) is 0.208. The van der Waals surface area contributed by atoms with E-state index in [0.717, 1.165) is 17.4 Å². The highest BCUT2D eigenvalue weighted by atomic mass is 32.2. The SMILES string of the molecule is COc1ccc(C2N(S(=O)(=O)c3ccc(C)cc3)c3ccccc3C2(C)C=O)cc1. The van der Waals surface area contributed by atoms with Crippen LogP contribution in [-0.2, 0) is 20.2 Å². The molecule has 154 valence electrons. The number of hydrogen-bond donors (Lipinski definition) is 0. The molecule has 1 aliphatic rings. The van der Waals surface area contributed by atoms with Crippen molar-refractivity contribution in [3.05, 3.63) is 89.5 Å². The van der Waals surface area contributed by atoms with Gasteiger partial charge in [-0.05, 0) is 55.3 Å². The normalized spacial score (nSPS) is 20.6. The van der Waals surface area contributed by atoms with Gasteiger partial charge < -0.3 is 9.53 Å². The number of carbonyl (C=O) groups is 1. The number of sulfonamides is 1. The summed E-state index contributed by atoms with van der Waals surface area (Å²) in [6.07, 6.45) is 0.853. The first-order chi connectivity index (χ1) is 14.3. The van der Waals surface area contributed by atoms with Gasteiger partial charge in [0, 0.05) is 0 Å². The van der Waals surface area contributed by atoms with Crippen LogP contribution >= 0.6 is 0 Å². The molecule has 0 saturated heterocycles. The molecule has 2 atom stereocenters. The molecule has 5 nitrogen and oxygen atoms in total. The van der Waals surface area contributed by atoms with Crippen molar-refractivity contribution in [3.63, 3.8) is 0 Å². The molecule has 0 radical (unpaired) electrons. The number of aldehydes is 1. The number of benzene rings is 3. The number of hydrogen-bond acceptors (Lipinski definition) is 4. The van der Waals surface area contributed by atoms with E-state index < -0.39 is 21.5 Å². The van der Waals surface area contributed by atoms with Gasteiger partial charge >= 0.3 is 0 Å². The van der Waals surface area contributed by atoms with Crippen molar-refractivity contribution in [2.45, 2.75) is 30.2 Å². The Morgan fingerprint density at radius 3 is 2.20 bits per heavy atom. The molecule has 0 N–H and O–H groups in total. The largest absolute Gasteiger partial charge is 0.497 e. The van der Waals surface area contributed by atoms with Gasteiger partial charge in [-0.25, -0.2) is 8.42 Å². The minimum absolute atomic E-state index is 0.191. The number of fused-ring (bicyclic) bond motifs is 1. The number of methoxy groups -OCH3 is 1. The Morgan fingerprint density at radius 1 is 0.967 bits per heavy atom. The molecule has 0 aliphatic carbocycles. The van der Waals surface area contributed by atoms with E-state index in [4.69, 9.17) is 4.74 Å². The number of nitrogens with zero attached hydrogens (tertiary/aromatic N) is 1. The van der Waals surface area contributed by atoms with Crippen LogP contribution < -0.4 is 9.04 Å². The second kappa shape index (κ2) is 7.29. The lowest BCUT2D eigenvalue weighted by Gasteiger charge is -2.33. The van der Waals surface area contributed by atoms with Crippen molar-refractivity contribution in [1.29, 1.82) is 0 Å². The molecule has 0 fully saturated rings. The number of carbonyl (C=O) groups excluding carboxylic acids is 1. The molecule has 0 saturated carbocycles. The van der Waals surface area contributed by atoms with Gasteiger partial charge in [-0.3, -0.25) is 4.31 Å². The van der Waals surface area contributed by atoms with Crippen LogP contribution in [0.4, 0.5) is 5.69 Å². The van der Waals surface area contributed by atoms with E-state index in [2.05, 4.69) is 0 Å². The average Bonchev–Trinajstić information content (AvgIpc) is 3.04. The molecule has 3 aromatic carbocycles. The first-order valence-electron chi connectivity index (χ1n) is 9.64. The smallest absolute Gasteiger partial charge is 0.264 e. The Balaban J connectivity index is 1.97. The molecule has 1 aliphatic heterocycles. The molecule has 2 unspecified atom stereocenters. The van der Waals surface area contributed by atoms with Crippen LogP contribution in [0.1, 0.15) is 29.7 Å². The summed E-state index contributed by atoms with van der Waals surface area (Å²) in [6.45, 7) is 3.70. The van der Waals surface area contributed by atoms with Crippen LogP contribution in [0.3, 0.4) is 0 Å². The first kappa shape index (κ1) is 20.2. The van der Waals surface area contributed by atoms with Gasteiger partial charge in [0.2, 0.25) is 0 Å².